The summed E-state index contributed by atoms with van der Waals surface area (Å²) < 4.78 is 12.2. The van der Waals surface area contributed by atoms with E-state index in [0.29, 0.717) is 6.42 Å². The Labute approximate surface area is 95.8 Å². The maximum atomic E-state index is 12.2. The minimum absolute atomic E-state index is 0.140. The molecule has 0 saturated carbocycles. The van der Waals surface area contributed by atoms with Crippen molar-refractivity contribution in [2.45, 2.75) is 12.8 Å². The summed E-state index contributed by atoms with van der Waals surface area (Å²) in [6, 6.07) is 7.51. The van der Waals surface area contributed by atoms with Crippen molar-refractivity contribution in [1.29, 1.82) is 0 Å². The van der Waals surface area contributed by atoms with Crippen LogP contribution in [0.25, 0.3) is 0 Å². The zero-order valence-electron chi connectivity index (χ0n) is 9.64. The van der Waals surface area contributed by atoms with Crippen LogP contribution in [-0.4, -0.2) is 25.8 Å². The van der Waals surface area contributed by atoms with Gasteiger partial charge < -0.3 is 9.46 Å². The normalized spacial score (nSPS) is 16.9. The van der Waals surface area contributed by atoms with Crippen molar-refractivity contribution in [3.05, 3.63) is 24.3 Å². The molecule has 86 valence electrons. The van der Waals surface area contributed by atoms with Gasteiger partial charge >= 0.3 is 0 Å². The molecule has 0 N–H and O–H groups in total. The summed E-state index contributed by atoms with van der Waals surface area (Å²) in [4.78, 5) is 13.4. The Morgan fingerprint density at radius 2 is 1.94 bits per heavy atom. The molecule has 1 amide bonds. The molecular formula is C12H16NO2P. The average Bonchev–Trinajstić information content (AvgIpc) is 2.63. The lowest BCUT2D eigenvalue weighted by molar-refractivity contribution is -0.117. The highest BCUT2D eigenvalue weighted by Crippen LogP contribution is 2.39. The summed E-state index contributed by atoms with van der Waals surface area (Å²) >= 11 is 0. The van der Waals surface area contributed by atoms with E-state index in [4.69, 9.17) is 0 Å². The number of para-hydroxylation sites is 1. The number of anilines is 1. The third-order valence-corrected chi connectivity index (χ3v) is 4.36. The molecule has 4 heteroatoms. The van der Waals surface area contributed by atoms with Crippen molar-refractivity contribution < 1.29 is 9.36 Å². The Kier molecular flexibility index (Phi) is 2.90. The number of nitrogens with zero attached hydrogens (tertiary/aromatic N) is 1. The second kappa shape index (κ2) is 4.06. The number of carbonyl (C=O) groups excluding carboxylic acids is 1. The lowest BCUT2D eigenvalue weighted by Gasteiger charge is -2.21. The Morgan fingerprint density at radius 3 is 2.50 bits per heavy atom. The fourth-order valence-corrected chi connectivity index (χ4v) is 3.24. The van der Waals surface area contributed by atoms with Gasteiger partial charge in [0.05, 0.1) is 5.69 Å². The summed E-state index contributed by atoms with van der Waals surface area (Å²) in [6.45, 7) is 4.23. The molecule has 16 heavy (non-hydrogen) atoms. The zero-order chi connectivity index (χ0) is 11.8. The van der Waals surface area contributed by atoms with Gasteiger partial charge in [-0.05, 0) is 31.9 Å². The van der Waals surface area contributed by atoms with Gasteiger partial charge in [0.15, 0.2) is 0 Å². The van der Waals surface area contributed by atoms with Gasteiger partial charge in [0.25, 0.3) is 0 Å². The lowest BCUT2D eigenvalue weighted by Crippen LogP contribution is -2.28. The Bertz CT molecular complexity index is 464. The smallest absolute Gasteiger partial charge is 0.227 e. The van der Waals surface area contributed by atoms with Gasteiger partial charge in [-0.25, -0.2) is 0 Å². The van der Waals surface area contributed by atoms with Crippen molar-refractivity contribution in [2.75, 3.05) is 24.8 Å². The Balaban J connectivity index is 2.48. The molecule has 0 bridgehead atoms. The van der Waals surface area contributed by atoms with Crippen molar-refractivity contribution in [2.24, 2.45) is 0 Å². The first-order chi connectivity index (χ1) is 7.50. The van der Waals surface area contributed by atoms with Gasteiger partial charge in [-0.2, -0.15) is 0 Å². The lowest BCUT2D eigenvalue weighted by atomic mass is 10.3. The van der Waals surface area contributed by atoms with Crippen molar-refractivity contribution in [3.63, 3.8) is 0 Å². The molecule has 1 saturated heterocycles. The standard InChI is InChI=1S/C12H16NO2P/c1-16(2,15)11-7-4-3-6-10(11)13-9-5-8-12(13)14/h3-4,6-7H,5,8-9H2,1-2H3. The van der Waals surface area contributed by atoms with Crippen LogP contribution in [0.15, 0.2) is 24.3 Å². The van der Waals surface area contributed by atoms with Crippen LogP contribution in [0.1, 0.15) is 12.8 Å². The molecule has 1 heterocycles. The van der Waals surface area contributed by atoms with Crippen LogP contribution in [0, 0.1) is 0 Å². The summed E-state index contributed by atoms with van der Waals surface area (Å²) in [6.07, 6.45) is 1.50. The maximum absolute atomic E-state index is 12.2. The van der Waals surface area contributed by atoms with E-state index in [-0.39, 0.29) is 5.91 Å². The first-order valence-corrected chi connectivity index (χ1v) is 8.05. The van der Waals surface area contributed by atoms with Crippen LogP contribution < -0.4 is 10.2 Å². The number of hydrogen-bond acceptors (Lipinski definition) is 2. The van der Waals surface area contributed by atoms with Crippen LogP contribution in [-0.2, 0) is 9.36 Å². The third kappa shape index (κ3) is 2.05. The van der Waals surface area contributed by atoms with E-state index in [1.807, 2.05) is 24.3 Å². The van der Waals surface area contributed by atoms with Gasteiger partial charge in [-0.15, -0.1) is 0 Å². The molecule has 1 aliphatic heterocycles. The van der Waals surface area contributed by atoms with Crippen LogP contribution in [0.2, 0.25) is 0 Å². The largest absolute Gasteiger partial charge is 0.319 e. The number of carbonyl (C=O) groups is 1. The first kappa shape index (κ1) is 11.4. The van der Waals surface area contributed by atoms with E-state index >= 15 is 0 Å². The molecule has 1 aromatic rings. The molecule has 0 radical (unpaired) electrons. The molecule has 1 fully saturated rings. The molecule has 0 atom stereocenters. The minimum Gasteiger partial charge on any atom is -0.319 e. The molecule has 0 aliphatic carbocycles. The number of hydrogen-bond donors (Lipinski definition) is 0. The molecule has 0 aromatic heterocycles. The topological polar surface area (TPSA) is 37.4 Å². The Hall–Kier alpha value is -1.08. The quantitative estimate of drug-likeness (QED) is 0.738. The molecule has 1 aliphatic rings. The SMILES string of the molecule is CP(C)(=O)c1ccccc1N1CCCC1=O. The van der Waals surface area contributed by atoms with E-state index in [2.05, 4.69) is 0 Å². The van der Waals surface area contributed by atoms with Gasteiger partial charge in [-0.3, -0.25) is 4.79 Å². The maximum Gasteiger partial charge on any atom is 0.227 e. The van der Waals surface area contributed by atoms with E-state index in [1.54, 1.807) is 18.2 Å². The van der Waals surface area contributed by atoms with E-state index in [1.165, 1.54) is 0 Å². The monoisotopic (exact) mass is 237 g/mol. The molecule has 3 nitrogen and oxygen atoms in total. The van der Waals surface area contributed by atoms with Crippen LogP contribution >= 0.6 is 7.14 Å². The second-order valence-electron chi connectivity index (χ2n) is 4.49. The van der Waals surface area contributed by atoms with Gasteiger partial charge in [0.1, 0.15) is 7.14 Å². The summed E-state index contributed by atoms with van der Waals surface area (Å²) in [5.74, 6) is 0.140. The second-order valence-corrected chi connectivity index (χ2v) is 7.67. The highest BCUT2D eigenvalue weighted by molar-refractivity contribution is 7.70. The Morgan fingerprint density at radius 1 is 1.25 bits per heavy atom. The predicted molar refractivity (Wildman–Crippen MR) is 67.1 cm³/mol. The molecule has 2 rings (SSSR count). The molecule has 0 unspecified atom stereocenters. The van der Waals surface area contributed by atoms with Crippen LogP contribution in [0.4, 0.5) is 5.69 Å². The summed E-state index contributed by atoms with van der Waals surface area (Å²) in [5.41, 5.74) is 0.832. The zero-order valence-corrected chi connectivity index (χ0v) is 10.5. The third-order valence-electron chi connectivity index (χ3n) is 2.83. The van der Waals surface area contributed by atoms with Gasteiger partial charge in [-0.1, -0.05) is 12.1 Å². The number of rotatable bonds is 2. The van der Waals surface area contributed by atoms with Crippen LogP contribution in [0.3, 0.4) is 0 Å². The van der Waals surface area contributed by atoms with Gasteiger partial charge in [0.2, 0.25) is 5.91 Å². The minimum atomic E-state index is -2.33. The fraction of sp³-hybridized carbons (Fsp3) is 0.417. The first-order valence-electron chi connectivity index (χ1n) is 5.45. The summed E-state index contributed by atoms with van der Waals surface area (Å²) in [7, 11) is -2.33. The average molecular weight is 237 g/mol. The van der Waals surface area contributed by atoms with Crippen molar-refractivity contribution in [1.82, 2.24) is 0 Å². The molecule has 1 aromatic carbocycles. The van der Waals surface area contributed by atoms with Crippen molar-refractivity contribution >= 4 is 24.0 Å². The van der Waals surface area contributed by atoms with E-state index < -0.39 is 7.14 Å². The van der Waals surface area contributed by atoms with Gasteiger partial charge in [0, 0.05) is 18.3 Å². The van der Waals surface area contributed by atoms with Crippen molar-refractivity contribution in [3.8, 4) is 0 Å². The molecule has 0 spiro atoms. The highest BCUT2D eigenvalue weighted by atomic mass is 31.2. The van der Waals surface area contributed by atoms with Crippen LogP contribution in [0.5, 0.6) is 0 Å². The highest BCUT2D eigenvalue weighted by Gasteiger charge is 2.26. The summed E-state index contributed by atoms with van der Waals surface area (Å²) in [5, 5.41) is 0.810. The fourth-order valence-electron chi connectivity index (χ4n) is 2.05. The number of benzene rings is 1. The molecular weight excluding hydrogens is 221 g/mol. The van der Waals surface area contributed by atoms with E-state index in [0.717, 1.165) is 24.0 Å². The number of amides is 1. The predicted octanol–water partition coefficient (Wildman–Crippen LogP) is 2.06. The van der Waals surface area contributed by atoms with E-state index in [9.17, 15) is 9.36 Å².